The Labute approximate surface area is 105 Å². The molecule has 0 saturated heterocycles. The molecule has 3 nitrogen and oxygen atoms in total. The number of benzene rings is 2. The summed E-state index contributed by atoms with van der Waals surface area (Å²) >= 11 is 0. The number of hydrogen-bond donors (Lipinski definition) is 2. The van der Waals surface area contributed by atoms with Crippen LogP contribution in [0, 0.1) is 6.92 Å². The number of nitrogen functional groups attached to an aromatic ring is 1. The lowest BCUT2D eigenvalue weighted by Crippen LogP contribution is -1.97. The van der Waals surface area contributed by atoms with Crippen LogP contribution < -0.4 is 11.1 Å². The van der Waals surface area contributed by atoms with Gasteiger partial charge in [0.15, 0.2) is 0 Å². The number of nitrogens with two attached hydrogens (primary N) is 1. The molecule has 3 heteroatoms. The Hall–Kier alpha value is -2.42. The minimum absolute atomic E-state index is 0.736. The van der Waals surface area contributed by atoms with Crippen LogP contribution in [0.5, 0.6) is 0 Å². The van der Waals surface area contributed by atoms with Gasteiger partial charge in [0.2, 0.25) is 0 Å². The van der Waals surface area contributed by atoms with Crippen LogP contribution >= 0.6 is 0 Å². The topological polar surface area (TPSA) is 51.2 Å². The molecule has 0 amide bonds. The van der Waals surface area contributed by atoms with Crippen LogP contribution in [0.15, 0.2) is 53.1 Å². The van der Waals surface area contributed by atoms with Gasteiger partial charge in [0.25, 0.3) is 0 Å². The number of aryl methyl sites for hydroxylation is 1. The molecule has 1 aromatic heterocycles. The van der Waals surface area contributed by atoms with Gasteiger partial charge in [-0.2, -0.15) is 0 Å². The zero-order chi connectivity index (χ0) is 12.5. The molecule has 0 aliphatic carbocycles. The van der Waals surface area contributed by atoms with E-state index in [0.717, 1.165) is 33.6 Å². The van der Waals surface area contributed by atoms with Crippen LogP contribution in [0.4, 0.5) is 17.1 Å². The third-order valence-electron chi connectivity index (χ3n) is 3.05. The Kier molecular flexibility index (Phi) is 2.45. The van der Waals surface area contributed by atoms with Crippen molar-refractivity contribution in [3.8, 4) is 0 Å². The Bertz CT molecular complexity index is 680. The SMILES string of the molecule is Cc1cccc(N)c1Nc1coc2ccccc12. The van der Waals surface area contributed by atoms with Crippen molar-refractivity contribution in [1.29, 1.82) is 0 Å². The van der Waals surface area contributed by atoms with Crippen molar-refractivity contribution in [2.75, 3.05) is 11.1 Å². The first-order chi connectivity index (χ1) is 8.75. The first-order valence-corrected chi connectivity index (χ1v) is 5.84. The van der Waals surface area contributed by atoms with Crippen molar-refractivity contribution < 1.29 is 4.42 Å². The summed E-state index contributed by atoms with van der Waals surface area (Å²) in [5, 5.41) is 4.40. The lowest BCUT2D eigenvalue weighted by Gasteiger charge is -2.10. The normalized spacial score (nSPS) is 10.7. The monoisotopic (exact) mass is 238 g/mol. The van der Waals surface area contributed by atoms with E-state index in [4.69, 9.17) is 10.2 Å². The number of anilines is 3. The van der Waals surface area contributed by atoms with Gasteiger partial charge in [-0.3, -0.25) is 0 Å². The van der Waals surface area contributed by atoms with Gasteiger partial charge < -0.3 is 15.5 Å². The molecule has 0 aliphatic rings. The van der Waals surface area contributed by atoms with Crippen molar-refractivity contribution in [2.45, 2.75) is 6.92 Å². The standard InChI is InChI=1S/C15H14N2O/c1-10-5-4-7-12(16)15(10)17-13-9-18-14-8-3-2-6-11(13)14/h2-9,17H,16H2,1H3. The van der Waals surface area contributed by atoms with Gasteiger partial charge in [-0.15, -0.1) is 0 Å². The summed E-state index contributed by atoms with van der Waals surface area (Å²) in [5.41, 5.74) is 10.6. The van der Waals surface area contributed by atoms with E-state index in [0.29, 0.717) is 0 Å². The summed E-state index contributed by atoms with van der Waals surface area (Å²) < 4.78 is 5.50. The number of nitrogens with one attached hydrogen (secondary N) is 1. The Morgan fingerprint density at radius 2 is 1.89 bits per heavy atom. The fourth-order valence-electron chi connectivity index (χ4n) is 2.07. The van der Waals surface area contributed by atoms with Crippen LogP contribution in [0.3, 0.4) is 0 Å². The first kappa shape index (κ1) is 10.7. The van der Waals surface area contributed by atoms with Crippen LogP contribution in [0.2, 0.25) is 0 Å². The van der Waals surface area contributed by atoms with E-state index in [1.54, 1.807) is 6.26 Å². The second kappa shape index (κ2) is 4.11. The van der Waals surface area contributed by atoms with Gasteiger partial charge >= 0.3 is 0 Å². The number of hydrogen-bond acceptors (Lipinski definition) is 3. The minimum atomic E-state index is 0.736. The zero-order valence-corrected chi connectivity index (χ0v) is 10.1. The van der Waals surface area contributed by atoms with Crippen LogP contribution in [0.25, 0.3) is 11.0 Å². The molecular weight excluding hydrogens is 224 g/mol. The highest BCUT2D eigenvalue weighted by Crippen LogP contribution is 2.32. The highest BCUT2D eigenvalue weighted by atomic mass is 16.3. The van der Waals surface area contributed by atoms with E-state index >= 15 is 0 Å². The van der Waals surface area contributed by atoms with Crippen molar-refractivity contribution in [1.82, 2.24) is 0 Å². The lowest BCUT2D eigenvalue weighted by atomic mass is 10.1. The van der Waals surface area contributed by atoms with Crippen LogP contribution in [-0.2, 0) is 0 Å². The number of furan rings is 1. The lowest BCUT2D eigenvalue weighted by molar-refractivity contribution is 0.617. The van der Waals surface area contributed by atoms with Crippen LogP contribution in [-0.4, -0.2) is 0 Å². The third-order valence-corrected chi connectivity index (χ3v) is 3.05. The highest BCUT2D eigenvalue weighted by Gasteiger charge is 2.08. The summed E-state index contributed by atoms with van der Waals surface area (Å²) in [5.74, 6) is 0. The zero-order valence-electron chi connectivity index (χ0n) is 10.1. The Morgan fingerprint density at radius 3 is 2.72 bits per heavy atom. The Morgan fingerprint density at radius 1 is 1.06 bits per heavy atom. The van der Waals surface area contributed by atoms with Crippen molar-refractivity contribution in [3.05, 3.63) is 54.3 Å². The third kappa shape index (κ3) is 1.70. The first-order valence-electron chi connectivity index (χ1n) is 5.84. The maximum atomic E-state index is 5.99. The molecule has 0 unspecified atom stereocenters. The second-order valence-corrected chi connectivity index (χ2v) is 4.31. The molecule has 2 aromatic carbocycles. The molecule has 1 heterocycles. The predicted octanol–water partition coefficient (Wildman–Crippen LogP) is 4.07. The number of para-hydroxylation sites is 2. The maximum absolute atomic E-state index is 5.99. The molecule has 0 radical (unpaired) electrons. The summed E-state index contributed by atoms with van der Waals surface area (Å²) in [6.07, 6.45) is 1.72. The van der Waals surface area contributed by atoms with E-state index in [1.807, 2.05) is 49.4 Å². The number of rotatable bonds is 2. The predicted molar refractivity (Wildman–Crippen MR) is 75.1 cm³/mol. The van der Waals surface area contributed by atoms with Crippen LogP contribution in [0.1, 0.15) is 5.56 Å². The average molecular weight is 238 g/mol. The van der Waals surface area contributed by atoms with E-state index < -0.39 is 0 Å². The number of fused-ring (bicyclic) bond motifs is 1. The highest BCUT2D eigenvalue weighted by molar-refractivity contribution is 5.93. The molecule has 0 aliphatic heterocycles. The quantitative estimate of drug-likeness (QED) is 0.662. The van der Waals surface area contributed by atoms with Gasteiger partial charge in [0.1, 0.15) is 11.8 Å². The van der Waals surface area contributed by atoms with Gasteiger partial charge in [-0.1, -0.05) is 24.3 Å². The summed E-state index contributed by atoms with van der Waals surface area (Å²) in [4.78, 5) is 0. The van der Waals surface area contributed by atoms with E-state index in [2.05, 4.69) is 5.32 Å². The molecule has 3 rings (SSSR count). The van der Waals surface area contributed by atoms with Crippen molar-refractivity contribution in [3.63, 3.8) is 0 Å². The average Bonchev–Trinajstić information content (AvgIpc) is 2.77. The summed E-state index contributed by atoms with van der Waals surface area (Å²) in [7, 11) is 0. The summed E-state index contributed by atoms with van der Waals surface area (Å²) in [6.45, 7) is 2.03. The molecule has 90 valence electrons. The fraction of sp³-hybridized carbons (Fsp3) is 0.0667. The largest absolute Gasteiger partial charge is 0.462 e. The fourth-order valence-corrected chi connectivity index (χ4v) is 2.07. The van der Waals surface area contributed by atoms with E-state index in [-0.39, 0.29) is 0 Å². The van der Waals surface area contributed by atoms with Crippen molar-refractivity contribution >= 4 is 28.0 Å². The van der Waals surface area contributed by atoms with E-state index in [1.165, 1.54) is 0 Å². The van der Waals surface area contributed by atoms with Gasteiger partial charge in [0.05, 0.1) is 17.1 Å². The summed E-state index contributed by atoms with van der Waals surface area (Å²) in [6, 6.07) is 13.8. The smallest absolute Gasteiger partial charge is 0.136 e. The minimum Gasteiger partial charge on any atom is -0.462 e. The molecule has 0 fully saturated rings. The molecule has 0 spiro atoms. The van der Waals surface area contributed by atoms with Crippen molar-refractivity contribution in [2.24, 2.45) is 0 Å². The molecule has 0 saturated carbocycles. The molecule has 0 atom stereocenters. The van der Waals surface area contributed by atoms with Gasteiger partial charge in [-0.25, -0.2) is 0 Å². The molecular formula is C15H14N2O. The van der Waals surface area contributed by atoms with E-state index in [9.17, 15) is 0 Å². The molecule has 18 heavy (non-hydrogen) atoms. The van der Waals surface area contributed by atoms with Gasteiger partial charge in [-0.05, 0) is 30.7 Å². The Balaban J connectivity index is 2.07. The maximum Gasteiger partial charge on any atom is 0.136 e. The van der Waals surface area contributed by atoms with Gasteiger partial charge in [0, 0.05) is 5.39 Å². The second-order valence-electron chi connectivity index (χ2n) is 4.31. The molecule has 0 bridgehead atoms. The molecule has 3 aromatic rings. The molecule has 3 N–H and O–H groups in total.